The van der Waals surface area contributed by atoms with Crippen LogP contribution in [0.3, 0.4) is 0 Å². The van der Waals surface area contributed by atoms with Gasteiger partial charge in [0.1, 0.15) is 0 Å². The summed E-state index contributed by atoms with van der Waals surface area (Å²) in [6.07, 6.45) is 4.28. The Morgan fingerprint density at radius 1 is 1.12 bits per heavy atom. The number of pyridine rings is 1. The van der Waals surface area contributed by atoms with E-state index >= 15 is 0 Å². The molecule has 0 spiro atoms. The summed E-state index contributed by atoms with van der Waals surface area (Å²) in [4.78, 5) is 7.01. The van der Waals surface area contributed by atoms with Crippen LogP contribution in [0.4, 0.5) is 0 Å². The topological polar surface area (TPSA) is 42.3 Å². The molecule has 0 amide bonds. The maximum atomic E-state index is 5.98. The number of nitrogens with one attached hydrogen (secondary N) is 1. The van der Waals surface area contributed by atoms with Crippen LogP contribution in [0, 0.1) is 20.8 Å². The molecule has 2 fully saturated rings. The Hall–Kier alpha value is -2.70. The van der Waals surface area contributed by atoms with Gasteiger partial charge in [0.15, 0.2) is 5.11 Å². The van der Waals surface area contributed by atoms with Gasteiger partial charge in [0, 0.05) is 36.4 Å². The number of nitrogens with zero attached hydrogens (tertiary/aromatic N) is 3. The van der Waals surface area contributed by atoms with E-state index in [2.05, 4.69) is 76.9 Å². The molecule has 4 heterocycles. The van der Waals surface area contributed by atoms with Crippen molar-refractivity contribution in [1.82, 2.24) is 19.8 Å². The second-order valence-electron chi connectivity index (χ2n) is 8.91. The van der Waals surface area contributed by atoms with E-state index in [1.807, 2.05) is 18.3 Å². The average molecular weight is 447 g/mol. The zero-order valence-corrected chi connectivity index (χ0v) is 19.7. The van der Waals surface area contributed by atoms with Crippen LogP contribution in [-0.4, -0.2) is 38.8 Å². The fourth-order valence-corrected chi connectivity index (χ4v) is 5.51. The molecule has 0 radical (unpaired) electrons. The first-order chi connectivity index (χ1) is 15.5. The Balaban J connectivity index is 1.59. The highest BCUT2D eigenvalue weighted by Gasteiger charge is 2.42. The van der Waals surface area contributed by atoms with Crippen molar-refractivity contribution in [1.29, 1.82) is 0 Å². The van der Waals surface area contributed by atoms with Gasteiger partial charge >= 0.3 is 0 Å². The maximum Gasteiger partial charge on any atom is 0.170 e. The van der Waals surface area contributed by atoms with Crippen LogP contribution in [0.25, 0.3) is 5.69 Å². The third-order valence-corrected chi connectivity index (χ3v) is 7.02. The van der Waals surface area contributed by atoms with Crippen LogP contribution in [0.15, 0.2) is 54.7 Å². The molecule has 5 rings (SSSR count). The Morgan fingerprint density at radius 2 is 2.00 bits per heavy atom. The number of rotatable bonds is 5. The van der Waals surface area contributed by atoms with Crippen LogP contribution in [0.5, 0.6) is 0 Å². The van der Waals surface area contributed by atoms with Gasteiger partial charge < -0.3 is 19.5 Å². The number of hydrogen-bond acceptors (Lipinski definition) is 3. The summed E-state index contributed by atoms with van der Waals surface area (Å²) < 4.78 is 8.33. The predicted molar refractivity (Wildman–Crippen MR) is 131 cm³/mol. The standard InChI is InChI=1S/C26H30N4OS/c1-17-8-6-9-20(14-17)30-18(2)15-22(19(30)3)25-24(23-11-4-5-12-27-23)28-26(32)29(25)16-21-10-7-13-31-21/h4-6,8-9,11-12,14-15,21,24-25H,7,10,13,16H2,1-3H3,(H,28,32)/t21-,24+,25+/m0/s1. The minimum atomic E-state index is -0.00318. The van der Waals surface area contributed by atoms with Gasteiger partial charge in [0.25, 0.3) is 0 Å². The van der Waals surface area contributed by atoms with Gasteiger partial charge in [-0.05, 0) is 87.3 Å². The van der Waals surface area contributed by atoms with Gasteiger partial charge in [-0.25, -0.2) is 0 Å². The predicted octanol–water partition coefficient (Wildman–Crippen LogP) is 4.95. The summed E-state index contributed by atoms with van der Waals surface area (Å²) in [7, 11) is 0. The van der Waals surface area contributed by atoms with Crippen molar-refractivity contribution in [2.75, 3.05) is 13.2 Å². The van der Waals surface area contributed by atoms with Gasteiger partial charge in [0.05, 0.1) is 23.9 Å². The van der Waals surface area contributed by atoms with E-state index in [9.17, 15) is 0 Å². The highest BCUT2D eigenvalue weighted by molar-refractivity contribution is 7.80. The molecule has 0 bridgehead atoms. The average Bonchev–Trinajstić information content (AvgIpc) is 3.48. The Bertz CT molecular complexity index is 1120. The summed E-state index contributed by atoms with van der Waals surface area (Å²) in [5.41, 5.74) is 7.20. The molecular formula is C26H30N4OS. The van der Waals surface area contributed by atoms with E-state index in [-0.39, 0.29) is 18.2 Å². The van der Waals surface area contributed by atoms with Crippen molar-refractivity contribution >= 4 is 17.3 Å². The second kappa shape index (κ2) is 8.68. The molecule has 2 aromatic heterocycles. The van der Waals surface area contributed by atoms with E-state index < -0.39 is 0 Å². The van der Waals surface area contributed by atoms with Crippen LogP contribution >= 0.6 is 12.2 Å². The van der Waals surface area contributed by atoms with Crippen molar-refractivity contribution in [3.8, 4) is 5.69 Å². The van der Waals surface area contributed by atoms with E-state index in [4.69, 9.17) is 17.0 Å². The molecule has 0 unspecified atom stereocenters. The molecule has 2 aliphatic heterocycles. The molecule has 5 nitrogen and oxygen atoms in total. The van der Waals surface area contributed by atoms with Gasteiger partial charge in [-0.2, -0.15) is 0 Å². The Kier molecular flexibility index (Phi) is 5.74. The van der Waals surface area contributed by atoms with E-state index in [1.54, 1.807) is 0 Å². The molecule has 0 saturated carbocycles. The SMILES string of the molecule is Cc1cccc(-n2c(C)cc([C@@H]3[C@@H](c4ccccn4)NC(=S)N3C[C@@H]3CCCO3)c2C)c1. The van der Waals surface area contributed by atoms with Gasteiger partial charge in [-0.1, -0.05) is 18.2 Å². The first-order valence-corrected chi connectivity index (χ1v) is 11.8. The van der Waals surface area contributed by atoms with Gasteiger partial charge in [-0.15, -0.1) is 0 Å². The summed E-state index contributed by atoms with van der Waals surface area (Å²) >= 11 is 5.85. The summed E-state index contributed by atoms with van der Waals surface area (Å²) in [5.74, 6) is 0. The van der Waals surface area contributed by atoms with Crippen LogP contribution in [-0.2, 0) is 4.74 Å². The molecule has 2 saturated heterocycles. The molecule has 3 atom stereocenters. The first kappa shape index (κ1) is 21.2. The Labute approximate surface area is 195 Å². The Morgan fingerprint density at radius 3 is 2.72 bits per heavy atom. The highest BCUT2D eigenvalue weighted by Crippen LogP contribution is 2.42. The van der Waals surface area contributed by atoms with Crippen molar-refractivity contribution in [3.63, 3.8) is 0 Å². The largest absolute Gasteiger partial charge is 0.376 e. The molecule has 1 aromatic carbocycles. The smallest absolute Gasteiger partial charge is 0.170 e. The first-order valence-electron chi connectivity index (χ1n) is 11.4. The molecular weight excluding hydrogens is 416 g/mol. The van der Waals surface area contributed by atoms with E-state index in [0.29, 0.717) is 0 Å². The van der Waals surface area contributed by atoms with Crippen molar-refractivity contribution in [3.05, 3.63) is 82.9 Å². The van der Waals surface area contributed by atoms with Crippen molar-refractivity contribution in [2.45, 2.75) is 51.8 Å². The van der Waals surface area contributed by atoms with Crippen LogP contribution < -0.4 is 5.32 Å². The summed E-state index contributed by atoms with van der Waals surface area (Å²) in [5, 5.41) is 4.36. The van der Waals surface area contributed by atoms with Crippen LogP contribution in [0.1, 0.15) is 53.1 Å². The lowest BCUT2D eigenvalue weighted by molar-refractivity contribution is 0.0842. The lowest BCUT2D eigenvalue weighted by atomic mass is 9.96. The number of thiocarbonyl (C=S) groups is 1. The number of aromatic nitrogens is 2. The monoisotopic (exact) mass is 446 g/mol. The minimum absolute atomic E-state index is 0.00318. The molecule has 32 heavy (non-hydrogen) atoms. The summed E-state index contributed by atoms with van der Waals surface area (Å²) in [6, 6.07) is 17.1. The van der Waals surface area contributed by atoms with Gasteiger partial charge in [-0.3, -0.25) is 4.98 Å². The molecule has 0 aliphatic carbocycles. The molecule has 1 N–H and O–H groups in total. The van der Waals surface area contributed by atoms with E-state index in [1.165, 1.54) is 28.2 Å². The fourth-order valence-electron chi connectivity index (χ4n) is 5.20. The third kappa shape index (κ3) is 3.82. The zero-order valence-electron chi connectivity index (χ0n) is 18.9. The van der Waals surface area contributed by atoms with E-state index in [0.717, 1.165) is 36.8 Å². The van der Waals surface area contributed by atoms with Crippen molar-refractivity contribution in [2.24, 2.45) is 0 Å². The van der Waals surface area contributed by atoms with Gasteiger partial charge in [0.2, 0.25) is 0 Å². The number of ether oxygens (including phenoxy) is 1. The highest BCUT2D eigenvalue weighted by atomic mass is 32.1. The second-order valence-corrected chi connectivity index (χ2v) is 9.30. The molecule has 6 heteroatoms. The fraction of sp³-hybridized carbons (Fsp3) is 0.385. The third-order valence-electron chi connectivity index (χ3n) is 6.67. The lowest BCUT2D eigenvalue weighted by Gasteiger charge is -2.30. The molecule has 3 aromatic rings. The molecule has 166 valence electrons. The quantitative estimate of drug-likeness (QED) is 0.562. The lowest BCUT2D eigenvalue weighted by Crippen LogP contribution is -2.36. The van der Waals surface area contributed by atoms with Crippen molar-refractivity contribution < 1.29 is 4.74 Å². The minimum Gasteiger partial charge on any atom is -0.376 e. The number of aryl methyl sites for hydroxylation is 2. The zero-order chi connectivity index (χ0) is 22.2. The maximum absolute atomic E-state index is 5.98. The number of hydrogen-bond donors (Lipinski definition) is 1. The number of benzene rings is 1. The summed E-state index contributed by atoms with van der Waals surface area (Å²) in [6.45, 7) is 8.17. The molecule has 2 aliphatic rings. The normalized spacial score (nSPS) is 23.0. The van der Waals surface area contributed by atoms with Crippen LogP contribution in [0.2, 0.25) is 0 Å².